The van der Waals surface area contributed by atoms with E-state index in [4.69, 9.17) is 9.84 Å². The molecule has 0 aromatic carbocycles. The van der Waals surface area contributed by atoms with E-state index in [1.165, 1.54) is 0 Å². The summed E-state index contributed by atoms with van der Waals surface area (Å²) in [4.78, 5) is 0. The molecular weight excluding hydrogens is 116 g/mol. The molecule has 0 saturated carbocycles. The average Bonchev–Trinajstić information content (AvgIpc) is 2.47. The minimum Gasteiger partial charge on any atom is -0.391 e. The SMILES string of the molecule is C=CC[C@H]1O[C@@H]1[C@H](C)O. The Balaban J connectivity index is 2.16. The van der Waals surface area contributed by atoms with Crippen LogP contribution in [-0.4, -0.2) is 23.4 Å². The van der Waals surface area contributed by atoms with Gasteiger partial charge in [-0.1, -0.05) is 6.08 Å². The molecule has 9 heavy (non-hydrogen) atoms. The molecule has 1 fully saturated rings. The minimum atomic E-state index is -0.324. The largest absolute Gasteiger partial charge is 0.391 e. The number of aliphatic hydroxyl groups is 1. The van der Waals surface area contributed by atoms with Gasteiger partial charge in [0.2, 0.25) is 0 Å². The molecule has 0 aromatic rings. The van der Waals surface area contributed by atoms with Crippen molar-refractivity contribution < 1.29 is 9.84 Å². The minimum absolute atomic E-state index is 0.0722. The van der Waals surface area contributed by atoms with Crippen LogP contribution in [0.4, 0.5) is 0 Å². The predicted molar refractivity (Wildman–Crippen MR) is 35.2 cm³/mol. The van der Waals surface area contributed by atoms with Gasteiger partial charge in [0.1, 0.15) is 6.10 Å². The molecule has 0 unspecified atom stereocenters. The lowest BCUT2D eigenvalue weighted by atomic mass is 10.2. The van der Waals surface area contributed by atoms with Crippen LogP contribution in [0.5, 0.6) is 0 Å². The van der Waals surface area contributed by atoms with E-state index in [2.05, 4.69) is 6.58 Å². The lowest BCUT2D eigenvalue weighted by molar-refractivity contribution is 0.152. The summed E-state index contributed by atoms with van der Waals surface area (Å²) in [5.41, 5.74) is 0. The quantitative estimate of drug-likeness (QED) is 0.448. The van der Waals surface area contributed by atoms with E-state index in [1.54, 1.807) is 6.92 Å². The number of hydrogen-bond acceptors (Lipinski definition) is 2. The van der Waals surface area contributed by atoms with E-state index < -0.39 is 0 Å². The molecule has 1 aliphatic heterocycles. The third-order valence-corrected chi connectivity index (χ3v) is 1.50. The summed E-state index contributed by atoms with van der Waals surface area (Å²) in [6, 6.07) is 0. The van der Waals surface area contributed by atoms with Gasteiger partial charge in [-0.05, 0) is 13.3 Å². The summed E-state index contributed by atoms with van der Waals surface area (Å²) in [6.45, 7) is 5.32. The fraction of sp³-hybridized carbons (Fsp3) is 0.714. The smallest absolute Gasteiger partial charge is 0.110 e. The first-order chi connectivity index (χ1) is 4.25. The van der Waals surface area contributed by atoms with E-state index in [9.17, 15) is 0 Å². The number of ether oxygens (including phenoxy) is 1. The fourth-order valence-electron chi connectivity index (χ4n) is 0.935. The number of epoxide rings is 1. The van der Waals surface area contributed by atoms with E-state index in [0.29, 0.717) is 0 Å². The summed E-state index contributed by atoms with van der Waals surface area (Å²) >= 11 is 0. The summed E-state index contributed by atoms with van der Waals surface area (Å²) in [5, 5.41) is 8.93. The summed E-state index contributed by atoms with van der Waals surface area (Å²) in [7, 11) is 0. The van der Waals surface area contributed by atoms with Crippen molar-refractivity contribution >= 4 is 0 Å². The molecule has 1 aliphatic rings. The van der Waals surface area contributed by atoms with Crippen LogP contribution in [-0.2, 0) is 4.74 Å². The summed E-state index contributed by atoms with van der Waals surface area (Å²) in [5.74, 6) is 0. The average molecular weight is 128 g/mol. The molecule has 0 amide bonds. The van der Waals surface area contributed by atoms with Gasteiger partial charge in [0.15, 0.2) is 0 Å². The first-order valence-corrected chi connectivity index (χ1v) is 3.20. The van der Waals surface area contributed by atoms with Gasteiger partial charge in [-0.3, -0.25) is 0 Å². The Morgan fingerprint density at radius 2 is 2.56 bits per heavy atom. The van der Waals surface area contributed by atoms with Crippen molar-refractivity contribution in [1.29, 1.82) is 0 Å². The van der Waals surface area contributed by atoms with Gasteiger partial charge in [0.05, 0.1) is 12.2 Å². The van der Waals surface area contributed by atoms with Crippen molar-refractivity contribution in [2.45, 2.75) is 31.7 Å². The molecule has 1 saturated heterocycles. The Morgan fingerprint density at radius 3 is 2.89 bits per heavy atom. The van der Waals surface area contributed by atoms with E-state index in [-0.39, 0.29) is 18.3 Å². The summed E-state index contributed by atoms with van der Waals surface area (Å²) in [6.07, 6.45) is 2.66. The van der Waals surface area contributed by atoms with Gasteiger partial charge in [-0.15, -0.1) is 6.58 Å². The van der Waals surface area contributed by atoms with E-state index in [0.717, 1.165) is 6.42 Å². The number of aliphatic hydroxyl groups excluding tert-OH is 1. The van der Waals surface area contributed by atoms with Gasteiger partial charge in [-0.2, -0.15) is 0 Å². The second kappa shape index (κ2) is 2.50. The van der Waals surface area contributed by atoms with Crippen LogP contribution in [0.25, 0.3) is 0 Å². The van der Waals surface area contributed by atoms with Gasteiger partial charge in [-0.25, -0.2) is 0 Å². The van der Waals surface area contributed by atoms with Gasteiger partial charge in [0.25, 0.3) is 0 Å². The molecule has 1 rings (SSSR count). The zero-order valence-electron chi connectivity index (χ0n) is 5.58. The molecule has 1 N–H and O–H groups in total. The zero-order chi connectivity index (χ0) is 6.85. The Kier molecular flexibility index (Phi) is 1.88. The fourth-order valence-corrected chi connectivity index (χ4v) is 0.935. The molecule has 0 spiro atoms. The molecule has 0 bridgehead atoms. The van der Waals surface area contributed by atoms with Crippen molar-refractivity contribution in [3.63, 3.8) is 0 Å². The van der Waals surface area contributed by atoms with Crippen molar-refractivity contribution in [3.8, 4) is 0 Å². The zero-order valence-corrected chi connectivity index (χ0v) is 5.58. The van der Waals surface area contributed by atoms with Crippen LogP contribution in [0.2, 0.25) is 0 Å². The van der Waals surface area contributed by atoms with E-state index >= 15 is 0 Å². The van der Waals surface area contributed by atoms with Crippen molar-refractivity contribution in [1.82, 2.24) is 0 Å². The van der Waals surface area contributed by atoms with Crippen LogP contribution >= 0.6 is 0 Å². The molecule has 0 aromatic heterocycles. The van der Waals surface area contributed by atoms with Gasteiger partial charge >= 0.3 is 0 Å². The van der Waals surface area contributed by atoms with Crippen molar-refractivity contribution in [2.75, 3.05) is 0 Å². The Labute approximate surface area is 55.1 Å². The van der Waals surface area contributed by atoms with Crippen LogP contribution in [0.3, 0.4) is 0 Å². The lowest BCUT2D eigenvalue weighted by Gasteiger charge is -1.93. The Hall–Kier alpha value is -0.340. The maximum absolute atomic E-state index is 8.93. The first kappa shape index (κ1) is 6.78. The predicted octanol–water partition coefficient (Wildman–Crippen LogP) is 0.711. The third-order valence-electron chi connectivity index (χ3n) is 1.50. The normalized spacial score (nSPS) is 35.8. The molecule has 0 aliphatic carbocycles. The molecule has 2 heteroatoms. The Morgan fingerprint density at radius 1 is 1.89 bits per heavy atom. The molecule has 52 valence electrons. The maximum Gasteiger partial charge on any atom is 0.110 e. The molecule has 2 nitrogen and oxygen atoms in total. The van der Waals surface area contributed by atoms with Crippen molar-refractivity contribution in [2.24, 2.45) is 0 Å². The van der Waals surface area contributed by atoms with Gasteiger partial charge in [0, 0.05) is 0 Å². The summed E-state index contributed by atoms with van der Waals surface area (Å²) < 4.78 is 5.10. The second-order valence-electron chi connectivity index (χ2n) is 2.40. The highest BCUT2D eigenvalue weighted by Crippen LogP contribution is 2.28. The molecular formula is C7H12O2. The Bertz CT molecular complexity index is 109. The van der Waals surface area contributed by atoms with Crippen LogP contribution < -0.4 is 0 Å². The number of hydrogen-bond donors (Lipinski definition) is 1. The topological polar surface area (TPSA) is 32.8 Å². The van der Waals surface area contributed by atoms with Crippen LogP contribution in [0.15, 0.2) is 12.7 Å². The molecule has 0 radical (unpaired) electrons. The monoisotopic (exact) mass is 128 g/mol. The third kappa shape index (κ3) is 1.53. The van der Waals surface area contributed by atoms with E-state index in [1.807, 2.05) is 6.08 Å². The highest BCUT2D eigenvalue weighted by atomic mass is 16.6. The molecule has 1 heterocycles. The molecule has 3 atom stereocenters. The standard InChI is InChI=1S/C7H12O2/c1-3-4-6-7(9-6)5(2)8/h3,5-8H,1,4H2,2H3/t5-,6+,7+/m0/s1. The highest BCUT2D eigenvalue weighted by Gasteiger charge is 2.40. The first-order valence-electron chi connectivity index (χ1n) is 3.20. The van der Waals surface area contributed by atoms with Crippen molar-refractivity contribution in [3.05, 3.63) is 12.7 Å². The van der Waals surface area contributed by atoms with Gasteiger partial charge < -0.3 is 9.84 Å². The van der Waals surface area contributed by atoms with Crippen LogP contribution in [0, 0.1) is 0 Å². The second-order valence-corrected chi connectivity index (χ2v) is 2.40. The van der Waals surface area contributed by atoms with Crippen LogP contribution in [0.1, 0.15) is 13.3 Å². The highest BCUT2D eigenvalue weighted by molar-refractivity contribution is 4.92. The lowest BCUT2D eigenvalue weighted by Crippen LogP contribution is -2.11. The maximum atomic E-state index is 8.93. The number of rotatable bonds is 3.